The average molecular weight is 310 g/mol. The number of hydrogen-bond acceptors (Lipinski definition) is 2. The SMILES string of the molecule is C=CCc1cc(Cc2ccccc2)c(OCC(C)C)c(OC)c1. The van der Waals surface area contributed by atoms with Crippen LogP contribution in [0.15, 0.2) is 55.1 Å². The van der Waals surface area contributed by atoms with Gasteiger partial charge >= 0.3 is 0 Å². The highest BCUT2D eigenvalue weighted by molar-refractivity contribution is 5.51. The molecule has 122 valence electrons. The second-order valence-electron chi connectivity index (χ2n) is 6.15. The maximum Gasteiger partial charge on any atom is 0.164 e. The first-order valence-electron chi connectivity index (χ1n) is 8.11. The Bertz CT molecular complexity index is 630. The van der Waals surface area contributed by atoms with Gasteiger partial charge in [-0.2, -0.15) is 0 Å². The van der Waals surface area contributed by atoms with Crippen molar-refractivity contribution in [3.05, 3.63) is 71.8 Å². The normalized spacial score (nSPS) is 10.6. The van der Waals surface area contributed by atoms with Crippen LogP contribution in [0.25, 0.3) is 0 Å². The molecule has 0 aliphatic rings. The molecule has 0 unspecified atom stereocenters. The lowest BCUT2D eigenvalue weighted by Crippen LogP contribution is -2.08. The van der Waals surface area contributed by atoms with Gasteiger partial charge < -0.3 is 9.47 Å². The van der Waals surface area contributed by atoms with Crippen molar-refractivity contribution in [2.75, 3.05) is 13.7 Å². The second-order valence-corrected chi connectivity index (χ2v) is 6.15. The maximum absolute atomic E-state index is 6.08. The molecule has 2 aromatic carbocycles. The van der Waals surface area contributed by atoms with E-state index in [0.717, 1.165) is 29.9 Å². The Hall–Kier alpha value is -2.22. The van der Waals surface area contributed by atoms with Crippen molar-refractivity contribution in [3.8, 4) is 11.5 Å². The summed E-state index contributed by atoms with van der Waals surface area (Å²) >= 11 is 0. The van der Waals surface area contributed by atoms with Crippen LogP contribution in [0.5, 0.6) is 11.5 Å². The second kappa shape index (κ2) is 8.42. The minimum Gasteiger partial charge on any atom is -0.493 e. The van der Waals surface area contributed by atoms with Crippen molar-refractivity contribution in [1.29, 1.82) is 0 Å². The standard InChI is InChI=1S/C21H26O2/c1-5-9-18-13-19(12-17-10-7-6-8-11-17)21(20(14-18)22-4)23-15-16(2)3/h5-8,10-11,13-14,16H,1,9,12,15H2,2-4H3. The zero-order chi connectivity index (χ0) is 16.7. The van der Waals surface area contributed by atoms with E-state index >= 15 is 0 Å². The van der Waals surface area contributed by atoms with Gasteiger partial charge in [-0.15, -0.1) is 6.58 Å². The van der Waals surface area contributed by atoms with Crippen LogP contribution in [0.1, 0.15) is 30.5 Å². The Labute approximate surface area is 139 Å². The molecule has 0 spiro atoms. The van der Waals surface area contributed by atoms with E-state index in [1.165, 1.54) is 11.1 Å². The minimum atomic E-state index is 0.470. The highest BCUT2D eigenvalue weighted by Crippen LogP contribution is 2.35. The highest BCUT2D eigenvalue weighted by Gasteiger charge is 2.14. The van der Waals surface area contributed by atoms with E-state index in [-0.39, 0.29) is 0 Å². The summed E-state index contributed by atoms with van der Waals surface area (Å²) < 4.78 is 11.7. The molecule has 0 aliphatic carbocycles. The van der Waals surface area contributed by atoms with Gasteiger partial charge in [0.25, 0.3) is 0 Å². The van der Waals surface area contributed by atoms with Gasteiger partial charge in [-0.25, -0.2) is 0 Å². The van der Waals surface area contributed by atoms with Crippen LogP contribution < -0.4 is 9.47 Å². The van der Waals surface area contributed by atoms with Crippen molar-refractivity contribution in [1.82, 2.24) is 0 Å². The largest absolute Gasteiger partial charge is 0.493 e. The molecule has 0 atom stereocenters. The van der Waals surface area contributed by atoms with Gasteiger partial charge in [-0.3, -0.25) is 0 Å². The lowest BCUT2D eigenvalue weighted by molar-refractivity contribution is 0.254. The van der Waals surface area contributed by atoms with Crippen molar-refractivity contribution < 1.29 is 9.47 Å². The van der Waals surface area contributed by atoms with Crippen LogP contribution in [0, 0.1) is 5.92 Å². The lowest BCUT2D eigenvalue weighted by Gasteiger charge is -2.18. The molecule has 0 saturated heterocycles. The van der Waals surface area contributed by atoms with E-state index in [9.17, 15) is 0 Å². The van der Waals surface area contributed by atoms with Crippen LogP contribution in [-0.4, -0.2) is 13.7 Å². The van der Waals surface area contributed by atoms with Crippen LogP contribution in [0.4, 0.5) is 0 Å². The van der Waals surface area contributed by atoms with Crippen LogP contribution in [0.2, 0.25) is 0 Å². The first kappa shape index (κ1) is 17.1. The van der Waals surface area contributed by atoms with Gasteiger partial charge in [-0.1, -0.05) is 56.3 Å². The smallest absolute Gasteiger partial charge is 0.164 e. The van der Waals surface area contributed by atoms with Gasteiger partial charge in [0.05, 0.1) is 13.7 Å². The van der Waals surface area contributed by atoms with Crippen molar-refractivity contribution in [3.63, 3.8) is 0 Å². The number of hydrogen-bond donors (Lipinski definition) is 0. The Kier molecular flexibility index (Phi) is 6.28. The molecule has 0 radical (unpaired) electrons. The number of methoxy groups -OCH3 is 1. The van der Waals surface area contributed by atoms with E-state index in [2.05, 4.69) is 50.8 Å². The van der Waals surface area contributed by atoms with Crippen molar-refractivity contribution >= 4 is 0 Å². The summed E-state index contributed by atoms with van der Waals surface area (Å²) in [5, 5.41) is 0. The van der Waals surface area contributed by atoms with Gasteiger partial charge in [0.2, 0.25) is 0 Å². The summed E-state index contributed by atoms with van der Waals surface area (Å²) in [6.45, 7) is 8.81. The number of allylic oxidation sites excluding steroid dienone is 1. The van der Waals surface area contributed by atoms with E-state index in [1.807, 2.05) is 18.2 Å². The average Bonchev–Trinajstić information content (AvgIpc) is 2.54. The monoisotopic (exact) mass is 310 g/mol. The van der Waals surface area contributed by atoms with Crippen molar-refractivity contribution in [2.24, 2.45) is 5.92 Å². The predicted molar refractivity (Wildman–Crippen MR) is 96.5 cm³/mol. The number of rotatable bonds is 8. The molecule has 0 N–H and O–H groups in total. The molecule has 2 aromatic rings. The number of ether oxygens (including phenoxy) is 2. The third-order valence-electron chi connectivity index (χ3n) is 3.59. The minimum absolute atomic E-state index is 0.470. The summed E-state index contributed by atoms with van der Waals surface area (Å²) in [6, 6.07) is 14.7. The number of benzene rings is 2. The highest BCUT2D eigenvalue weighted by atomic mass is 16.5. The maximum atomic E-state index is 6.08. The summed E-state index contributed by atoms with van der Waals surface area (Å²) in [5.41, 5.74) is 3.62. The predicted octanol–water partition coefficient (Wildman–Crippen LogP) is 5.05. The fourth-order valence-electron chi connectivity index (χ4n) is 2.52. The summed E-state index contributed by atoms with van der Waals surface area (Å²) in [7, 11) is 1.70. The molecular formula is C21H26O2. The molecular weight excluding hydrogens is 284 g/mol. The molecule has 0 aromatic heterocycles. The molecule has 2 nitrogen and oxygen atoms in total. The molecule has 0 saturated carbocycles. The fourth-order valence-corrected chi connectivity index (χ4v) is 2.52. The zero-order valence-electron chi connectivity index (χ0n) is 14.3. The molecule has 23 heavy (non-hydrogen) atoms. The van der Waals surface area contributed by atoms with Crippen molar-refractivity contribution in [2.45, 2.75) is 26.7 Å². The summed E-state index contributed by atoms with van der Waals surface area (Å²) in [5.74, 6) is 2.13. The van der Waals surface area contributed by atoms with E-state index in [0.29, 0.717) is 12.5 Å². The Morgan fingerprint density at radius 3 is 2.43 bits per heavy atom. The topological polar surface area (TPSA) is 18.5 Å². The van der Waals surface area contributed by atoms with E-state index in [4.69, 9.17) is 9.47 Å². The van der Waals surface area contributed by atoms with Gasteiger partial charge in [0.15, 0.2) is 11.5 Å². The fraction of sp³-hybridized carbons (Fsp3) is 0.333. The van der Waals surface area contributed by atoms with Gasteiger partial charge in [0, 0.05) is 12.0 Å². The quantitative estimate of drug-likeness (QED) is 0.635. The van der Waals surface area contributed by atoms with Crippen LogP contribution >= 0.6 is 0 Å². The molecule has 0 aliphatic heterocycles. The molecule has 2 rings (SSSR count). The molecule has 0 bridgehead atoms. The third-order valence-corrected chi connectivity index (χ3v) is 3.59. The van der Waals surface area contributed by atoms with Gasteiger partial charge in [-0.05, 0) is 29.5 Å². The molecule has 0 fully saturated rings. The Morgan fingerprint density at radius 1 is 1.09 bits per heavy atom. The first-order valence-corrected chi connectivity index (χ1v) is 8.11. The van der Waals surface area contributed by atoms with Crippen LogP contribution in [0.3, 0.4) is 0 Å². The summed E-state index contributed by atoms with van der Waals surface area (Å²) in [6.07, 6.45) is 3.56. The lowest BCUT2D eigenvalue weighted by atomic mass is 9.99. The molecule has 0 heterocycles. The van der Waals surface area contributed by atoms with Gasteiger partial charge in [0.1, 0.15) is 0 Å². The summed E-state index contributed by atoms with van der Waals surface area (Å²) in [4.78, 5) is 0. The van der Waals surface area contributed by atoms with Crippen LogP contribution in [-0.2, 0) is 12.8 Å². The molecule has 0 amide bonds. The van der Waals surface area contributed by atoms with E-state index < -0.39 is 0 Å². The first-order chi connectivity index (χ1) is 11.1. The van der Waals surface area contributed by atoms with E-state index in [1.54, 1.807) is 7.11 Å². The Morgan fingerprint density at radius 2 is 1.83 bits per heavy atom. The zero-order valence-corrected chi connectivity index (χ0v) is 14.3. The molecule has 2 heteroatoms. The Balaban J connectivity index is 2.40. The third kappa shape index (κ3) is 4.88.